The molecule has 0 radical (unpaired) electrons. The van der Waals surface area contributed by atoms with Gasteiger partial charge in [-0.2, -0.15) is 13.2 Å². The highest BCUT2D eigenvalue weighted by Gasteiger charge is 2.30. The lowest BCUT2D eigenvalue weighted by molar-refractivity contribution is -0.137. The topological polar surface area (TPSA) is 33.3 Å². The van der Waals surface area contributed by atoms with Crippen LogP contribution in [0.2, 0.25) is 0 Å². The average molecular weight is 288 g/mol. The Labute approximate surface area is 116 Å². The molecule has 1 aliphatic heterocycles. The van der Waals surface area contributed by atoms with Crippen LogP contribution >= 0.6 is 0 Å². The molecule has 6 heteroatoms. The van der Waals surface area contributed by atoms with Crippen LogP contribution in [0.25, 0.3) is 0 Å². The minimum absolute atomic E-state index is 0.0673. The first-order chi connectivity index (χ1) is 9.45. The van der Waals surface area contributed by atoms with Gasteiger partial charge < -0.3 is 15.4 Å². The van der Waals surface area contributed by atoms with Gasteiger partial charge in [0.05, 0.1) is 18.8 Å². The van der Waals surface area contributed by atoms with Crippen LogP contribution in [0.3, 0.4) is 0 Å². The molecule has 0 bridgehead atoms. The predicted molar refractivity (Wildman–Crippen MR) is 71.8 cm³/mol. The summed E-state index contributed by atoms with van der Waals surface area (Å²) in [6.45, 7) is 4.14. The fourth-order valence-electron chi connectivity index (χ4n) is 2.33. The summed E-state index contributed by atoms with van der Waals surface area (Å²) in [6.07, 6.45) is -3.50. The van der Waals surface area contributed by atoms with E-state index in [9.17, 15) is 13.2 Å². The maximum Gasteiger partial charge on any atom is 0.416 e. The summed E-state index contributed by atoms with van der Waals surface area (Å²) < 4.78 is 43.2. The first kappa shape index (κ1) is 15.1. The first-order valence-electron chi connectivity index (χ1n) is 6.70. The molecule has 1 aromatic rings. The lowest BCUT2D eigenvalue weighted by atomic mass is 10.1. The number of morpholine rings is 1. The van der Waals surface area contributed by atoms with Crippen LogP contribution in [0.4, 0.5) is 18.9 Å². The van der Waals surface area contributed by atoms with Gasteiger partial charge >= 0.3 is 6.18 Å². The molecule has 0 aliphatic carbocycles. The van der Waals surface area contributed by atoms with E-state index in [-0.39, 0.29) is 12.1 Å². The van der Waals surface area contributed by atoms with Crippen molar-refractivity contribution >= 4 is 5.69 Å². The van der Waals surface area contributed by atoms with E-state index in [1.807, 2.05) is 6.92 Å². The highest BCUT2D eigenvalue weighted by molar-refractivity contribution is 5.47. The summed E-state index contributed by atoms with van der Waals surface area (Å²) in [7, 11) is 0. The fraction of sp³-hybridized carbons (Fsp3) is 0.571. The van der Waals surface area contributed by atoms with Crippen LogP contribution in [0.15, 0.2) is 24.3 Å². The first-order valence-corrected chi connectivity index (χ1v) is 6.70. The second kappa shape index (κ2) is 6.45. The standard InChI is InChI=1S/C14H19F3N2O/c1-10(7-13-9-20-6-5-18-13)19-12-4-2-3-11(8-12)14(15,16)17/h2-4,8,10,13,18-19H,5-7,9H2,1H3. The zero-order valence-electron chi connectivity index (χ0n) is 11.3. The second-order valence-electron chi connectivity index (χ2n) is 5.09. The lowest BCUT2D eigenvalue weighted by Gasteiger charge is -2.27. The molecule has 0 amide bonds. The van der Waals surface area contributed by atoms with Gasteiger partial charge in [0.25, 0.3) is 0 Å². The number of halogens is 3. The molecular weight excluding hydrogens is 269 g/mol. The number of benzene rings is 1. The second-order valence-corrected chi connectivity index (χ2v) is 5.09. The minimum Gasteiger partial charge on any atom is -0.383 e. The molecular formula is C14H19F3N2O. The molecule has 0 aromatic heterocycles. The van der Waals surface area contributed by atoms with Gasteiger partial charge in [-0.05, 0) is 31.5 Å². The van der Waals surface area contributed by atoms with Crippen molar-refractivity contribution in [2.75, 3.05) is 25.1 Å². The van der Waals surface area contributed by atoms with Crippen molar-refractivity contribution < 1.29 is 17.9 Å². The van der Waals surface area contributed by atoms with Gasteiger partial charge in [-0.25, -0.2) is 0 Å². The van der Waals surface area contributed by atoms with Crippen molar-refractivity contribution in [1.82, 2.24) is 5.32 Å². The highest BCUT2D eigenvalue weighted by atomic mass is 19.4. The summed E-state index contributed by atoms with van der Waals surface area (Å²) in [5.74, 6) is 0. The Bertz CT molecular complexity index is 431. The van der Waals surface area contributed by atoms with Crippen LogP contribution in [-0.2, 0) is 10.9 Å². The molecule has 1 aromatic carbocycles. The van der Waals surface area contributed by atoms with Crippen molar-refractivity contribution in [3.05, 3.63) is 29.8 Å². The fourth-order valence-corrected chi connectivity index (χ4v) is 2.33. The maximum atomic E-state index is 12.6. The van der Waals surface area contributed by atoms with Crippen molar-refractivity contribution in [2.45, 2.75) is 31.6 Å². The molecule has 20 heavy (non-hydrogen) atoms. The van der Waals surface area contributed by atoms with Crippen molar-refractivity contribution in [1.29, 1.82) is 0 Å². The van der Waals surface area contributed by atoms with E-state index in [2.05, 4.69) is 10.6 Å². The molecule has 112 valence electrons. The third-order valence-corrected chi connectivity index (χ3v) is 3.24. The van der Waals surface area contributed by atoms with Gasteiger partial charge in [0, 0.05) is 24.3 Å². The van der Waals surface area contributed by atoms with Gasteiger partial charge in [-0.1, -0.05) is 6.07 Å². The molecule has 0 saturated carbocycles. The van der Waals surface area contributed by atoms with Gasteiger partial charge in [-0.3, -0.25) is 0 Å². The predicted octanol–water partition coefficient (Wildman–Crippen LogP) is 2.88. The third kappa shape index (κ3) is 4.38. The Kier molecular flexibility index (Phi) is 4.88. The van der Waals surface area contributed by atoms with E-state index in [1.165, 1.54) is 6.07 Å². The Hall–Kier alpha value is -1.27. The molecule has 1 aliphatic rings. The molecule has 2 atom stereocenters. The van der Waals surface area contributed by atoms with Gasteiger partial charge in [-0.15, -0.1) is 0 Å². The van der Waals surface area contributed by atoms with Gasteiger partial charge in [0.2, 0.25) is 0 Å². The minimum atomic E-state index is -4.31. The number of anilines is 1. The van der Waals surface area contributed by atoms with Crippen molar-refractivity contribution in [3.8, 4) is 0 Å². The van der Waals surface area contributed by atoms with E-state index < -0.39 is 11.7 Å². The van der Waals surface area contributed by atoms with E-state index >= 15 is 0 Å². The zero-order chi connectivity index (χ0) is 14.6. The van der Waals surface area contributed by atoms with E-state index in [0.717, 1.165) is 25.1 Å². The van der Waals surface area contributed by atoms with E-state index in [1.54, 1.807) is 6.07 Å². The smallest absolute Gasteiger partial charge is 0.383 e. The molecule has 1 saturated heterocycles. The normalized spacial score (nSPS) is 21.5. The lowest BCUT2D eigenvalue weighted by Crippen LogP contribution is -2.43. The van der Waals surface area contributed by atoms with Crippen LogP contribution in [0.5, 0.6) is 0 Å². The Morgan fingerprint density at radius 1 is 1.45 bits per heavy atom. The van der Waals surface area contributed by atoms with Crippen LogP contribution in [0, 0.1) is 0 Å². The number of nitrogens with one attached hydrogen (secondary N) is 2. The number of hydrogen-bond donors (Lipinski definition) is 2. The molecule has 2 unspecified atom stereocenters. The molecule has 1 heterocycles. The third-order valence-electron chi connectivity index (χ3n) is 3.24. The summed E-state index contributed by atoms with van der Waals surface area (Å²) in [5.41, 5.74) is -0.141. The molecule has 0 spiro atoms. The van der Waals surface area contributed by atoms with E-state index in [0.29, 0.717) is 18.9 Å². The number of rotatable bonds is 4. The van der Waals surface area contributed by atoms with Crippen LogP contribution < -0.4 is 10.6 Å². The van der Waals surface area contributed by atoms with Crippen LogP contribution in [-0.4, -0.2) is 31.8 Å². The SMILES string of the molecule is CC(CC1COCCN1)Nc1cccc(C(F)(F)F)c1. The summed E-state index contributed by atoms with van der Waals surface area (Å²) in [6, 6.07) is 5.60. The average Bonchev–Trinajstić information content (AvgIpc) is 2.39. The summed E-state index contributed by atoms with van der Waals surface area (Å²) in [5, 5.41) is 6.43. The van der Waals surface area contributed by atoms with Gasteiger partial charge in [0.1, 0.15) is 0 Å². The zero-order valence-corrected chi connectivity index (χ0v) is 11.3. The summed E-state index contributed by atoms with van der Waals surface area (Å²) >= 11 is 0. The monoisotopic (exact) mass is 288 g/mol. The quantitative estimate of drug-likeness (QED) is 0.894. The van der Waals surface area contributed by atoms with Crippen molar-refractivity contribution in [3.63, 3.8) is 0 Å². The number of ether oxygens (including phenoxy) is 1. The Balaban J connectivity index is 1.92. The van der Waals surface area contributed by atoms with E-state index in [4.69, 9.17) is 4.74 Å². The molecule has 3 nitrogen and oxygen atoms in total. The number of hydrogen-bond acceptors (Lipinski definition) is 3. The Morgan fingerprint density at radius 3 is 2.90 bits per heavy atom. The van der Waals surface area contributed by atoms with Gasteiger partial charge in [0.15, 0.2) is 0 Å². The largest absolute Gasteiger partial charge is 0.416 e. The summed E-state index contributed by atoms with van der Waals surface area (Å²) in [4.78, 5) is 0. The van der Waals surface area contributed by atoms with Crippen LogP contribution in [0.1, 0.15) is 18.9 Å². The Morgan fingerprint density at radius 2 is 2.25 bits per heavy atom. The molecule has 2 rings (SSSR count). The maximum absolute atomic E-state index is 12.6. The highest BCUT2D eigenvalue weighted by Crippen LogP contribution is 2.30. The molecule has 1 fully saturated rings. The molecule has 2 N–H and O–H groups in total. The van der Waals surface area contributed by atoms with Crippen molar-refractivity contribution in [2.24, 2.45) is 0 Å². The number of alkyl halides is 3.